The molecule has 1 heteroatoms. The highest BCUT2D eigenvalue weighted by Crippen LogP contribution is 2.78. The second kappa shape index (κ2) is 0.968. The monoisotopic (exact) mass is 123 g/mol. The topological polar surface area (TPSA) is 26.0 Å². The first-order valence-corrected chi connectivity index (χ1v) is 3.99. The van der Waals surface area contributed by atoms with Crippen LogP contribution < -0.4 is 5.73 Å². The van der Waals surface area contributed by atoms with Gasteiger partial charge in [-0.2, -0.15) is 0 Å². The summed E-state index contributed by atoms with van der Waals surface area (Å²) in [6, 6.07) is 0.597. The van der Waals surface area contributed by atoms with E-state index in [2.05, 4.69) is 6.92 Å². The smallest absolute Gasteiger partial charge is 0.0104 e. The molecule has 0 aromatic carbocycles. The summed E-state index contributed by atoms with van der Waals surface area (Å²) >= 11 is 0. The number of rotatable bonds is 0. The van der Waals surface area contributed by atoms with E-state index in [0.717, 1.165) is 23.2 Å². The molecule has 9 heavy (non-hydrogen) atoms. The van der Waals surface area contributed by atoms with Gasteiger partial charge in [0.2, 0.25) is 0 Å². The van der Waals surface area contributed by atoms with Crippen molar-refractivity contribution in [2.75, 3.05) is 0 Å². The van der Waals surface area contributed by atoms with E-state index >= 15 is 0 Å². The zero-order valence-corrected chi connectivity index (χ0v) is 5.80. The Labute approximate surface area is 55.6 Å². The van der Waals surface area contributed by atoms with Gasteiger partial charge in [-0.1, -0.05) is 6.92 Å². The number of hydrogen-bond donors (Lipinski definition) is 1. The van der Waals surface area contributed by atoms with Gasteiger partial charge in [-0.15, -0.1) is 0 Å². The average Bonchev–Trinajstić information content (AvgIpc) is 2.21. The van der Waals surface area contributed by atoms with E-state index in [-0.39, 0.29) is 0 Å². The van der Waals surface area contributed by atoms with Crippen molar-refractivity contribution in [1.29, 1.82) is 0 Å². The number of nitrogens with two attached hydrogens (primary N) is 1. The fraction of sp³-hybridized carbons (Fsp3) is 1.00. The van der Waals surface area contributed by atoms with Crippen LogP contribution in [-0.2, 0) is 0 Å². The summed E-state index contributed by atoms with van der Waals surface area (Å²) in [4.78, 5) is 0. The Morgan fingerprint density at radius 2 is 2.33 bits per heavy atom. The Balaban J connectivity index is 2.10. The van der Waals surface area contributed by atoms with Crippen LogP contribution in [0.25, 0.3) is 0 Å². The lowest BCUT2D eigenvalue weighted by molar-refractivity contribution is 0.519. The van der Waals surface area contributed by atoms with Gasteiger partial charge in [0.15, 0.2) is 0 Å². The van der Waals surface area contributed by atoms with Gasteiger partial charge in [0.25, 0.3) is 0 Å². The second-order valence-corrected chi connectivity index (χ2v) is 4.42. The van der Waals surface area contributed by atoms with Crippen LogP contribution in [0.1, 0.15) is 19.8 Å². The summed E-state index contributed by atoms with van der Waals surface area (Å²) in [7, 11) is 0. The van der Waals surface area contributed by atoms with Crippen LogP contribution >= 0.6 is 0 Å². The van der Waals surface area contributed by atoms with Gasteiger partial charge in [-0.25, -0.2) is 0 Å². The van der Waals surface area contributed by atoms with Crippen LogP contribution in [0.2, 0.25) is 0 Å². The summed E-state index contributed by atoms with van der Waals surface area (Å²) in [6.07, 6.45) is 2.91. The third-order valence-electron chi connectivity index (χ3n) is 4.15. The molecule has 4 saturated carbocycles. The molecule has 2 N–H and O–H groups in total. The van der Waals surface area contributed by atoms with Crippen LogP contribution in [0.4, 0.5) is 0 Å². The molecular weight excluding hydrogens is 110 g/mol. The van der Waals surface area contributed by atoms with E-state index in [4.69, 9.17) is 5.73 Å². The minimum atomic E-state index is 0.597. The van der Waals surface area contributed by atoms with Gasteiger partial charge in [-0.3, -0.25) is 0 Å². The molecule has 4 bridgehead atoms. The Morgan fingerprint density at radius 1 is 1.56 bits per heavy atom. The predicted octanol–water partition coefficient (Wildman–Crippen LogP) is 0.990. The normalized spacial score (nSPS) is 75.3. The van der Waals surface area contributed by atoms with Gasteiger partial charge >= 0.3 is 0 Å². The molecule has 0 spiro atoms. The zero-order valence-electron chi connectivity index (χ0n) is 5.80. The molecule has 50 valence electrons. The van der Waals surface area contributed by atoms with Gasteiger partial charge < -0.3 is 5.73 Å². The molecule has 4 aliphatic carbocycles. The summed E-state index contributed by atoms with van der Waals surface area (Å²) in [5.74, 6) is 2.92. The van der Waals surface area contributed by atoms with Crippen LogP contribution in [0.3, 0.4) is 0 Å². The third kappa shape index (κ3) is 0.295. The number of hydrogen-bond acceptors (Lipinski definition) is 1. The maximum atomic E-state index is 5.99. The SMILES string of the molecule is C[C@@]12C[C@H]3CC1C2[C@H]3N. The van der Waals surface area contributed by atoms with Gasteiger partial charge in [0.1, 0.15) is 0 Å². The largest absolute Gasteiger partial charge is 0.327 e. The molecular formula is C8H13N. The van der Waals surface area contributed by atoms with E-state index in [0.29, 0.717) is 6.04 Å². The quantitative estimate of drug-likeness (QED) is 0.510. The molecule has 4 rings (SSSR count). The molecule has 0 aromatic heterocycles. The molecule has 0 heterocycles. The highest BCUT2D eigenvalue weighted by Gasteiger charge is 2.75. The van der Waals surface area contributed by atoms with Gasteiger partial charge in [0.05, 0.1) is 0 Å². The summed E-state index contributed by atoms with van der Waals surface area (Å²) < 4.78 is 0. The first kappa shape index (κ1) is 4.73. The first-order chi connectivity index (χ1) is 4.23. The highest BCUT2D eigenvalue weighted by molar-refractivity contribution is 5.25. The molecule has 4 aliphatic rings. The molecule has 0 radical (unpaired) electrons. The fourth-order valence-electron chi connectivity index (χ4n) is 3.67. The molecule has 0 aliphatic heterocycles. The van der Waals surface area contributed by atoms with Crippen LogP contribution in [0.5, 0.6) is 0 Å². The Kier molecular flexibility index (Phi) is 0.508. The van der Waals surface area contributed by atoms with Crippen molar-refractivity contribution in [1.82, 2.24) is 0 Å². The molecule has 4 fully saturated rings. The molecule has 1 nitrogen and oxygen atoms in total. The summed E-state index contributed by atoms with van der Waals surface area (Å²) in [5, 5.41) is 0. The molecule has 5 atom stereocenters. The zero-order chi connectivity index (χ0) is 6.22. The van der Waals surface area contributed by atoms with Crippen molar-refractivity contribution in [3.05, 3.63) is 0 Å². The lowest BCUT2D eigenvalue weighted by atomic mass is 10.1. The van der Waals surface area contributed by atoms with Crippen molar-refractivity contribution in [2.45, 2.75) is 25.8 Å². The van der Waals surface area contributed by atoms with E-state index in [1.165, 1.54) is 12.8 Å². The van der Waals surface area contributed by atoms with Crippen LogP contribution in [0.15, 0.2) is 0 Å². The molecule has 2 unspecified atom stereocenters. The van der Waals surface area contributed by atoms with Crippen molar-refractivity contribution >= 4 is 0 Å². The van der Waals surface area contributed by atoms with E-state index in [9.17, 15) is 0 Å². The van der Waals surface area contributed by atoms with Crippen LogP contribution in [-0.4, -0.2) is 6.04 Å². The Bertz CT molecular complexity index is 175. The van der Waals surface area contributed by atoms with Crippen molar-refractivity contribution < 1.29 is 0 Å². The van der Waals surface area contributed by atoms with Gasteiger partial charge in [0, 0.05) is 6.04 Å². The molecule has 0 amide bonds. The minimum absolute atomic E-state index is 0.597. The lowest BCUT2D eigenvalue weighted by Crippen LogP contribution is -2.23. The standard InChI is InChI=1S/C8H13N/c1-8-3-4-2-5(8)6(8)7(4)9/h4-7H,2-3,9H2,1H3/t4-,5?,6?,7+,8-/m1/s1. The van der Waals surface area contributed by atoms with Crippen LogP contribution in [0, 0.1) is 23.2 Å². The summed E-state index contributed by atoms with van der Waals surface area (Å²) in [6.45, 7) is 2.43. The van der Waals surface area contributed by atoms with E-state index in [1.807, 2.05) is 0 Å². The Morgan fingerprint density at radius 3 is 2.44 bits per heavy atom. The average molecular weight is 123 g/mol. The van der Waals surface area contributed by atoms with E-state index in [1.54, 1.807) is 0 Å². The molecule has 0 aromatic rings. The minimum Gasteiger partial charge on any atom is -0.327 e. The summed E-state index contributed by atoms with van der Waals surface area (Å²) in [5.41, 5.74) is 6.73. The lowest BCUT2D eigenvalue weighted by Gasteiger charge is -2.04. The Hall–Kier alpha value is -0.0400. The van der Waals surface area contributed by atoms with Crippen molar-refractivity contribution in [3.63, 3.8) is 0 Å². The second-order valence-electron chi connectivity index (χ2n) is 4.42. The maximum Gasteiger partial charge on any atom is 0.0104 e. The highest BCUT2D eigenvalue weighted by atomic mass is 14.9. The van der Waals surface area contributed by atoms with Crippen molar-refractivity contribution in [2.24, 2.45) is 28.9 Å². The molecule has 0 saturated heterocycles. The fourth-order valence-corrected chi connectivity index (χ4v) is 3.67. The first-order valence-electron chi connectivity index (χ1n) is 3.99. The van der Waals surface area contributed by atoms with E-state index < -0.39 is 0 Å². The van der Waals surface area contributed by atoms with Gasteiger partial charge in [-0.05, 0) is 36.0 Å². The predicted molar refractivity (Wildman–Crippen MR) is 35.8 cm³/mol. The van der Waals surface area contributed by atoms with Crippen molar-refractivity contribution in [3.8, 4) is 0 Å². The third-order valence-corrected chi connectivity index (χ3v) is 4.15. The maximum absolute atomic E-state index is 5.99.